The maximum absolute atomic E-state index is 13.3. The maximum Gasteiger partial charge on any atom is 0.266 e. The molecule has 4 aromatic rings. The molecule has 0 aliphatic carbocycles. The van der Waals surface area contributed by atoms with Crippen LogP contribution in [-0.2, 0) is 4.79 Å². The Bertz CT molecular complexity index is 1380. The average Bonchev–Trinajstić information content (AvgIpc) is 2.79. The minimum atomic E-state index is -0.730. The molecule has 0 spiro atoms. The first kappa shape index (κ1) is 20.2. The first-order valence-corrected chi connectivity index (χ1v) is 9.53. The van der Waals surface area contributed by atoms with Gasteiger partial charge in [-0.1, -0.05) is 23.7 Å². The maximum atomic E-state index is 13.3. The Kier molecular flexibility index (Phi) is 5.66. The molecule has 0 saturated carbocycles. The lowest BCUT2D eigenvalue weighted by Crippen LogP contribution is -2.22. The van der Waals surface area contributed by atoms with Crippen LogP contribution in [0.15, 0.2) is 82.7 Å². The van der Waals surface area contributed by atoms with Gasteiger partial charge >= 0.3 is 0 Å². The Labute approximate surface area is 180 Å². The van der Waals surface area contributed by atoms with E-state index in [0.717, 1.165) is 5.56 Å². The molecule has 31 heavy (non-hydrogen) atoms. The summed E-state index contributed by atoms with van der Waals surface area (Å²) in [5, 5.41) is 4.02. The van der Waals surface area contributed by atoms with Crippen LogP contribution in [0.4, 0.5) is 0 Å². The van der Waals surface area contributed by atoms with Crippen molar-refractivity contribution in [3.05, 3.63) is 98.6 Å². The Hall–Kier alpha value is -4.13. The normalized spacial score (nSPS) is 10.5. The third kappa shape index (κ3) is 4.25. The van der Waals surface area contributed by atoms with Gasteiger partial charge in [0.25, 0.3) is 11.5 Å². The third-order valence-corrected chi connectivity index (χ3v) is 4.74. The molecule has 1 aromatic heterocycles. The quantitative estimate of drug-likeness (QED) is 0.253. The summed E-state index contributed by atoms with van der Waals surface area (Å²) in [6.45, 7) is -0.378. The molecule has 0 fully saturated rings. The molecule has 0 atom stereocenters. The van der Waals surface area contributed by atoms with Crippen molar-refractivity contribution in [2.45, 2.75) is 0 Å². The van der Waals surface area contributed by atoms with Gasteiger partial charge in [-0.2, -0.15) is 0 Å². The van der Waals surface area contributed by atoms with Crippen LogP contribution in [0.25, 0.3) is 38.4 Å². The van der Waals surface area contributed by atoms with Crippen LogP contribution in [0.3, 0.4) is 0 Å². The fourth-order valence-corrected chi connectivity index (χ4v) is 3.21. The predicted molar refractivity (Wildman–Crippen MR) is 117 cm³/mol. The highest BCUT2D eigenvalue weighted by atomic mass is 35.5. The minimum Gasteiger partial charge on any atom is -0.486 e. The van der Waals surface area contributed by atoms with E-state index in [1.807, 2.05) is 6.07 Å². The number of fused-ring (bicyclic) bond motifs is 1. The summed E-state index contributed by atoms with van der Waals surface area (Å²) in [5.41, 5.74) is 9.94. The van der Waals surface area contributed by atoms with Gasteiger partial charge in [0, 0.05) is 15.5 Å². The number of benzene rings is 3. The number of hydrogen-bond donors (Lipinski definition) is 0. The number of ether oxygens (including phenoxy) is 1. The molecule has 9 heteroatoms. The second kappa shape index (κ2) is 8.71. The number of azide groups is 1. The van der Waals surface area contributed by atoms with Gasteiger partial charge in [-0.3, -0.25) is 14.2 Å². The van der Waals surface area contributed by atoms with Crippen LogP contribution in [0.1, 0.15) is 0 Å². The lowest BCUT2D eigenvalue weighted by molar-refractivity contribution is -0.119. The number of carbonyl (C=O) groups excluding carboxylic acids is 1. The third-order valence-electron chi connectivity index (χ3n) is 4.49. The largest absolute Gasteiger partial charge is 0.486 e. The number of para-hydroxylation sites is 1. The van der Waals surface area contributed by atoms with Crippen molar-refractivity contribution in [3.8, 4) is 22.8 Å². The molecule has 0 radical (unpaired) electrons. The Morgan fingerprint density at radius 2 is 1.77 bits per heavy atom. The molecule has 0 aliphatic rings. The van der Waals surface area contributed by atoms with Gasteiger partial charge in [-0.15, -0.1) is 0 Å². The van der Waals surface area contributed by atoms with E-state index in [9.17, 15) is 9.59 Å². The number of halogens is 1. The van der Waals surface area contributed by atoms with Crippen LogP contribution in [0, 0.1) is 0 Å². The van der Waals surface area contributed by atoms with Gasteiger partial charge in [0.1, 0.15) is 11.6 Å². The second-order valence-electron chi connectivity index (χ2n) is 6.47. The van der Waals surface area contributed by atoms with E-state index < -0.39 is 5.91 Å². The second-order valence-corrected chi connectivity index (χ2v) is 6.90. The Balaban J connectivity index is 1.80. The Morgan fingerprint density at radius 1 is 1.06 bits per heavy atom. The van der Waals surface area contributed by atoms with Crippen molar-refractivity contribution in [2.24, 2.45) is 5.11 Å². The molecule has 3 aromatic carbocycles. The minimum absolute atomic E-state index is 0.220. The number of rotatable bonds is 5. The lowest BCUT2D eigenvalue weighted by atomic mass is 10.1. The molecule has 4 rings (SSSR count). The fourth-order valence-electron chi connectivity index (χ4n) is 3.08. The fraction of sp³-hybridized carbons (Fsp3) is 0.0455. The van der Waals surface area contributed by atoms with E-state index in [2.05, 4.69) is 10.0 Å². The first-order chi connectivity index (χ1) is 15.1. The topological polar surface area (TPSA) is 110 Å². The monoisotopic (exact) mass is 431 g/mol. The number of hydrogen-bond acceptors (Lipinski definition) is 4. The van der Waals surface area contributed by atoms with E-state index in [-0.39, 0.29) is 12.2 Å². The van der Waals surface area contributed by atoms with Gasteiger partial charge in [-0.25, -0.2) is 4.98 Å². The van der Waals surface area contributed by atoms with Gasteiger partial charge in [0.2, 0.25) is 0 Å². The zero-order valence-corrected chi connectivity index (χ0v) is 16.7. The summed E-state index contributed by atoms with van der Waals surface area (Å²) in [7, 11) is 0. The molecule has 0 N–H and O–H groups in total. The zero-order valence-electron chi connectivity index (χ0n) is 16.0. The molecule has 0 saturated heterocycles. The van der Waals surface area contributed by atoms with E-state index >= 15 is 0 Å². The lowest BCUT2D eigenvalue weighted by Gasteiger charge is -2.14. The number of carbonyl (C=O) groups is 1. The van der Waals surface area contributed by atoms with Crippen molar-refractivity contribution >= 4 is 28.4 Å². The molecular formula is C22H14ClN5O3. The van der Waals surface area contributed by atoms with Gasteiger partial charge in [0.15, 0.2) is 6.61 Å². The molecule has 0 unspecified atom stereocenters. The van der Waals surface area contributed by atoms with Crippen molar-refractivity contribution in [3.63, 3.8) is 0 Å². The molecule has 8 nitrogen and oxygen atoms in total. The number of amides is 1. The summed E-state index contributed by atoms with van der Waals surface area (Å²) < 4.78 is 6.82. The van der Waals surface area contributed by atoms with Gasteiger partial charge in [-0.05, 0) is 71.3 Å². The smallest absolute Gasteiger partial charge is 0.266 e. The summed E-state index contributed by atoms with van der Waals surface area (Å²) in [6, 6.07) is 20.8. The van der Waals surface area contributed by atoms with Crippen molar-refractivity contribution in [1.82, 2.24) is 9.55 Å². The van der Waals surface area contributed by atoms with Crippen LogP contribution < -0.4 is 10.3 Å². The predicted octanol–water partition coefficient (Wildman–Crippen LogP) is 4.92. The van der Waals surface area contributed by atoms with Crippen molar-refractivity contribution < 1.29 is 9.53 Å². The first-order valence-electron chi connectivity index (χ1n) is 9.16. The summed E-state index contributed by atoms with van der Waals surface area (Å²) in [4.78, 5) is 31.8. The average molecular weight is 432 g/mol. The van der Waals surface area contributed by atoms with E-state index in [1.54, 1.807) is 66.7 Å². The Morgan fingerprint density at radius 3 is 2.48 bits per heavy atom. The molecule has 0 aliphatic heterocycles. The SMILES string of the molecule is [N-]=[N+]=NC(=O)COc1ccc(-n2c(-c3ccc(Cl)cc3)nc3ccccc3c2=O)cc1. The summed E-state index contributed by atoms with van der Waals surface area (Å²) in [6.07, 6.45) is 0. The molecule has 1 amide bonds. The van der Waals surface area contributed by atoms with E-state index in [4.69, 9.17) is 26.9 Å². The van der Waals surface area contributed by atoms with Gasteiger partial charge in [0.05, 0.1) is 16.6 Å². The highest BCUT2D eigenvalue weighted by Gasteiger charge is 2.14. The number of aromatic nitrogens is 2. The van der Waals surface area contributed by atoms with Crippen LogP contribution in [-0.4, -0.2) is 22.1 Å². The number of nitrogens with zero attached hydrogens (tertiary/aromatic N) is 5. The van der Waals surface area contributed by atoms with Crippen LogP contribution >= 0.6 is 11.6 Å². The van der Waals surface area contributed by atoms with E-state index in [1.165, 1.54) is 4.57 Å². The summed E-state index contributed by atoms with van der Waals surface area (Å²) >= 11 is 6.02. The van der Waals surface area contributed by atoms with Crippen LogP contribution in [0.5, 0.6) is 5.75 Å². The molecule has 152 valence electrons. The molecule has 1 heterocycles. The van der Waals surface area contributed by atoms with E-state index in [0.29, 0.717) is 33.2 Å². The zero-order chi connectivity index (χ0) is 21.8. The van der Waals surface area contributed by atoms with Crippen molar-refractivity contribution in [2.75, 3.05) is 6.61 Å². The van der Waals surface area contributed by atoms with Crippen molar-refractivity contribution in [1.29, 1.82) is 0 Å². The van der Waals surface area contributed by atoms with Gasteiger partial charge < -0.3 is 4.74 Å². The standard InChI is InChI=1S/C22H14ClN5O3/c23-15-7-5-14(6-8-15)21-25-19-4-2-1-3-18(19)22(30)28(21)16-9-11-17(12-10-16)31-13-20(29)26-27-24/h1-12H,13H2. The highest BCUT2D eigenvalue weighted by Crippen LogP contribution is 2.24. The molecular weight excluding hydrogens is 418 g/mol. The summed E-state index contributed by atoms with van der Waals surface area (Å²) in [5.74, 6) is 0.124. The van der Waals surface area contributed by atoms with Crippen LogP contribution in [0.2, 0.25) is 5.02 Å². The molecule has 0 bridgehead atoms. The highest BCUT2D eigenvalue weighted by molar-refractivity contribution is 6.30.